The van der Waals surface area contributed by atoms with Gasteiger partial charge in [0.1, 0.15) is 12.8 Å². The van der Waals surface area contributed by atoms with Gasteiger partial charge in [-0.1, -0.05) is 29.3 Å². The van der Waals surface area contributed by atoms with Crippen LogP contribution in [0.25, 0.3) is 0 Å². The minimum atomic E-state index is -1.06. The second-order valence-corrected chi connectivity index (χ2v) is 14.6. The number of fused-ring (bicyclic) bond motifs is 1. The number of thiophene rings is 1. The number of halogens is 2. The first-order valence-corrected chi connectivity index (χ1v) is 17.1. The van der Waals surface area contributed by atoms with E-state index in [-0.39, 0.29) is 36.1 Å². The number of likely N-dealkylation sites (tertiary alicyclic amines) is 2. The molecular formula is C31H41Cl2N6O4S+. The first-order chi connectivity index (χ1) is 21.2. The zero-order chi connectivity index (χ0) is 31.1. The summed E-state index contributed by atoms with van der Waals surface area (Å²) in [6.07, 6.45) is 3.07. The van der Waals surface area contributed by atoms with Crippen LogP contribution in [-0.2, 0) is 17.9 Å². The second kappa shape index (κ2) is 12.9. The highest BCUT2D eigenvalue weighted by molar-refractivity contribution is 7.10. The topological polar surface area (TPSA) is 96.4 Å². The molecule has 4 aliphatic rings. The number of aldehydes is 1. The maximum absolute atomic E-state index is 13.6. The van der Waals surface area contributed by atoms with E-state index in [1.165, 1.54) is 0 Å². The van der Waals surface area contributed by atoms with Gasteiger partial charge in [0.25, 0.3) is 0 Å². The Hall–Kier alpha value is -2.25. The van der Waals surface area contributed by atoms with Crippen LogP contribution in [0.15, 0.2) is 29.6 Å². The molecule has 0 saturated carbocycles. The van der Waals surface area contributed by atoms with E-state index >= 15 is 0 Å². The number of carboxylic acid groups (broad SMARTS) is 1. The molecule has 6 rings (SSSR count). The van der Waals surface area contributed by atoms with Crippen molar-refractivity contribution < 1.29 is 24.0 Å². The van der Waals surface area contributed by atoms with Crippen molar-refractivity contribution in [2.24, 2.45) is 0 Å². The average molecular weight is 665 g/mol. The Bertz CT molecular complexity index is 1390. The minimum Gasteiger partial charge on any atom is -0.435 e. The summed E-state index contributed by atoms with van der Waals surface area (Å²) in [4.78, 5) is 49.8. The lowest BCUT2D eigenvalue weighted by Crippen LogP contribution is -2.79. The normalized spacial score (nSPS) is 29.3. The number of piperidine rings is 2. The zero-order valence-corrected chi connectivity index (χ0v) is 27.4. The number of piperazine rings is 1. The molecule has 5 heterocycles. The Morgan fingerprint density at radius 1 is 1.09 bits per heavy atom. The van der Waals surface area contributed by atoms with Crippen LogP contribution >= 0.6 is 34.5 Å². The van der Waals surface area contributed by atoms with Gasteiger partial charge in [-0.2, -0.15) is 4.79 Å². The van der Waals surface area contributed by atoms with E-state index < -0.39 is 11.8 Å². The summed E-state index contributed by atoms with van der Waals surface area (Å²) >= 11 is 14.2. The molecule has 10 nitrogen and oxygen atoms in total. The Balaban J connectivity index is 1.35. The molecule has 0 bridgehead atoms. The van der Waals surface area contributed by atoms with Crippen LogP contribution in [0.5, 0.6) is 0 Å². The molecule has 13 heteroatoms. The maximum Gasteiger partial charge on any atom is 0.515 e. The number of quaternary nitrogens is 1. The molecule has 0 radical (unpaired) electrons. The predicted molar refractivity (Wildman–Crippen MR) is 172 cm³/mol. The molecule has 3 fully saturated rings. The van der Waals surface area contributed by atoms with Crippen molar-refractivity contribution >= 4 is 58.6 Å². The summed E-state index contributed by atoms with van der Waals surface area (Å²) < 4.78 is -0.325. The van der Waals surface area contributed by atoms with Gasteiger partial charge in [-0.05, 0) is 56.6 Å². The van der Waals surface area contributed by atoms with Crippen molar-refractivity contribution in [3.8, 4) is 0 Å². The summed E-state index contributed by atoms with van der Waals surface area (Å²) in [6.45, 7) is 6.00. The van der Waals surface area contributed by atoms with E-state index in [0.29, 0.717) is 48.6 Å². The van der Waals surface area contributed by atoms with Crippen molar-refractivity contribution in [2.75, 3.05) is 58.2 Å². The highest BCUT2D eigenvalue weighted by atomic mass is 35.5. The first kappa shape index (κ1) is 31.7. The molecule has 2 unspecified atom stereocenters. The van der Waals surface area contributed by atoms with Gasteiger partial charge in [0.2, 0.25) is 0 Å². The smallest absolute Gasteiger partial charge is 0.435 e. The van der Waals surface area contributed by atoms with Gasteiger partial charge in [0.05, 0.1) is 35.2 Å². The number of nitrogens with one attached hydrogen (secondary N) is 1. The fourth-order valence-electron chi connectivity index (χ4n) is 8.08. The number of carbonyl (C=O) groups excluding carboxylic acids is 2. The van der Waals surface area contributed by atoms with Crippen molar-refractivity contribution in [3.63, 3.8) is 0 Å². The lowest BCUT2D eigenvalue weighted by molar-refractivity contribution is -0.942. The number of rotatable bonds is 7. The van der Waals surface area contributed by atoms with Crippen LogP contribution in [0.1, 0.15) is 42.5 Å². The maximum atomic E-state index is 13.6. The molecular weight excluding hydrogens is 623 g/mol. The van der Waals surface area contributed by atoms with E-state index in [4.69, 9.17) is 23.2 Å². The van der Waals surface area contributed by atoms with Gasteiger partial charge in [-0.25, -0.2) is 14.2 Å². The Kier molecular flexibility index (Phi) is 9.27. The molecule has 1 aromatic heterocycles. The van der Waals surface area contributed by atoms with Gasteiger partial charge < -0.3 is 25.0 Å². The Labute approximate surface area is 272 Å². The van der Waals surface area contributed by atoms with Gasteiger partial charge in [0.15, 0.2) is 5.66 Å². The van der Waals surface area contributed by atoms with E-state index in [0.717, 1.165) is 61.4 Å². The molecule has 4 aliphatic heterocycles. The van der Waals surface area contributed by atoms with Crippen molar-refractivity contribution in [3.05, 3.63) is 50.1 Å². The molecule has 0 aliphatic carbocycles. The molecule has 2 N–H and O–H groups in total. The highest BCUT2D eigenvalue weighted by Gasteiger charge is 2.64. The molecule has 1 aromatic carbocycles. The van der Waals surface area contributed by atoms with E-state index in [2.05, 4.69) is 27.1 Å². The van der Waals surface area contributed by atoms with Gasteiger partial charge in [0, 0.05) is 61.5 Å². The molecule has 3 atom stereocenters. The van der Waals surface area contributed by atoms with Gasteiger partial charge >= 0.3 is 12.1 Å². The summed E-state index contributed by atoms with van der Waals surface area (Å²) in [5, 5.41) is 16.9. The summed E-state index contributed by atoms with van der Waals surface area (Å²) in [6, 6.07) is 7.29. The number of benzene rings is 1. The number of hydrogen-bond donors (Lipinski definition) is 2. The lowest BCUT2D eigenvalue weighted by atomic mass is 9.82. The van der Waals surface area contributed by atoms with E-state index in [9.17, 15) is 19.5 Å². The monoisotopic (exact) mass is 663 g/mol. The number of hydrogen-bond acceptors (Lipinski definition) is 7. The number of nitrogens with zero attached hydrogens (tertiary/aromatic N) is 5. The van der Waals surface area contributed by atoms with E-state index in [1.807, 2.05) is 22.4 Å². The third-order valence-corrected chi connectivity index (χ3v) is 12.2. The summed E-state index contributed by atoms with van der Waals surface area (Å²) in [5.74, 6) is 0. The second-order valence-electron chi connectivity index (χ2n) is 12.8. The lowest BCUT2D eigenvalue weighted by Gasteiger charge is -2.60. The van der Waals surface area contributed by atoms with E-state index in [1.54, 1.807) is 23.5 Å². The number of anilines is 1. The average Bonchev–Trinajstić information content (AvgIpc) is 3.47. The molecule has 2 aromatic rings. The Morgan fingerprint density at radius 2 is 1.84 bits per heavy atom. The number of urea groups is 1. The standard InChI is InChI=1S/C31H40Cl2N6O4S/c1-35-9-4-23(5-10-35)36-11-13-37(14-12-36)31(8-16-40)19-24(38-20-28-27(7-17-44-28)34-29(38)41)6-15-39(31,30(42)43)21-22-2-3-25(32)26(33)18-22/h2-3,7,16-18,23-24H,4-6,8-15,19-21H2,1H3,(H-,34,41,42,43)/p+1/t24?,31?,39-/m0/s1. The Morgan fingerprint density at radius 3 is 2.52 bits per heavy atom. The SMILES string of the molecule is CN1CCC(N2CCN(C3(CC=O)CC(N4Cc5sccc5NC4=O)CC[N@+]3(Cc3ccc(Cl)c(Cl)c3)C(=O)O)CC2)CC1. The largest absolute Gasteiger partial charge is 0.515 e. The van der Waals surface area contributed by atoms with Crippen molar-refractivity contribution in [1.29, 1.82) is 0 Å². The third kappa shape index (κ3) is 5.77. The highest BCUT2D eigenvalue weighted by Crippen LogP contribution is 2.46. The minimum absolute atomic E-state index is 0.0467. The number of carbonyl (C=O) groups is 3. The van der Waals surface area contributed by atoms with Crippen LogP contribution in [-0.4, -0.2) is 118 Å². The van der Waals surface area contributed by atoms with Crippen molar-refractivity contribution in [1.82, 2.24) is 19.6 Å². The molecule has 3 amide bonds. The summed E-state index contributed by atoms with van der Waals surface area (Å²) in [7, 11) is 2.16. The first-order valence-electron chi connectivity index (χ1n) is 15.5. The fraction of sp³-hybridized carbons (Fsp3) is 0.581. The summed E-state index contributed by atoms with van der Waals surface area (Å²) in [5.41, 5.74) is 0.531. The van der Waals surface area contributed by atoms with Gasteiger partial charge in [-0.15, -0.1) is 11.3 Å². The molecule has 0 spiro atoms. The van der Waals surface area contributed by atoms with Crippen LogP contribution in [0, 0.1) is 0 Å². The molecule has 44 heavy (non-hydrogen) atoms. The van der Waals surface area contributed by atoms with Crippen molar-refractivity contribution in [2.45, 2.75) is 62.9 Å². The molecule has 238 valence electrons. The zero-order valence-electron chi connectivity index (χ0n) is 25.1. The van der Waals surface area contributed by atoms with Crippen LogP contribution in [0.4, 0.5) is 15.3 Å². The van der Waals surface area contributed by atoms with Crippen LogP contribution in [0.2, 0.25) is 10.0 Å². The fourth-order valence-corrected chi connectivity index (χ4v) is 9.23. The van der Waals surface area contributed by atoms with Crippen LogP contribution < -0.4 is 5.32 Å². The third-order valence-electron chi connectivity index (χ3n) is 10.5. The quantitative estimate of drug-likeness (QED) is 0.308. The van der Waals surface area contributed by atoms with Gasteiger partial charge in [-0.3, -0.25) is 4.90 Å². The number of amides is 3. The predicted octanol–water partition coefficient (Wildman–Crippen LogP) is 5.26. The molecule has 3 saturated heterocycles. The van der Waals surface area contributed by atoms with Crippen LogP contribution in [0.3, 0.4) is 0 Å².